The first kappa shape index (κ1) is 17.1. The maximum absolute atomic E-state index is 12.4. The second kappa shape index (κ2) is 8.37. The average Bonchev–Trinajstić information content (AvgIpc) is 2.58. The van der Waals surface area contributed by atoms with Gasteiger partial charge in [0.05, 0.1) is 0 Å². The quantitative estimate of drug-likeness (QED) is 0.837. The molecule has 2 rings (SSSR count). The third-order valence-corrected chi connectivity index (χ3v) is 3.88. The maximum Gasteiger partial charge on any atom is 0.261 e. The van der Waals surface area contributed by atoms with Crippen LogP contribution in [0.25, 0.3) is 0 Å². The molecule has 0 aliphatic heterocycles. The minimum atomic E-state index is -0.459. The average molecular weight is 311 g/mol. The summed E-state index contributed by atoms with van der Waals surface area (Å²) in [6, 6.07) is 18.0. The number of carbonyl (C=O) groups excluding carboxylic acids is 1. The van der Waals surface area contributed by atoms with E-state index in [0.29, 0.717) is 13.0 Å². The summed E-state index contributed by atoms with van der Waals surface area (Å²) in [4.78, 5) is 12.4. The van der Waals surface area contributed by atoms with E-state index in [9.17, 15) is 4.79 Å². The highest BCUT2D eigenvalue weighted by atomic mass is 16.5. The number of hydrogen-bond donors (Lipinski definition) is 1. The molecule has 0 aliphatic rings. The lowest BCUT2D eigenvalue weighted by atomic mass is 10.0. The van der Waals surface area contributed by atoms with E-state index in [1.54, 1.807) is 0 Å². The second-order valence-electron chi connectivity index (χ2n) is 5.89. The van der Waals surface area contributed by atoms with E-state index in [1.165, 1.54) is 5.56 Å². The third-order valence-electron chi connectivity index (χ3n) is 3.88. The molecule has 0 spiro atoms. The highest BCUT2D eigenvalue weighted by Gasteiger charge is 2.19. The normalized spacial score (nSPS) is 13.2. The summed E-state index contributed by atoms with van der Waals surface area (Å²) in [7, 11) is 0. The number of aryl methyl sites for hydroxylation is 1. The molecular formula is C20H25NO2. The molecule has 0 radical (unpaired) electrons. The summed E-state index contributed by atoms with van der Waals surface area (Å²) in [5, 5.41) is 3.00. The fourth-order valence-corrected chi connectivity index (χ4v) is 2.44. The highest BCUT2D eigenvalue weighted by molar-refractivity contribution is 5.81. The van der Waals surface area contributed by atoms with Crippen molar-refractivity contribution in [3.63, 3.8) is 0 Å². The van der Waals surface area contributed by atoms with Crippen LogP contribution in [0.5, 0.6) is 5.75 Å². The molecule has 23 heavy (non-hydrogen) atoms. The lowest BCUT2D eigenvalue weighted by Crippen LogP contribution is -2.39. The van der Waals surface area contributed by atoms with Crippen molar-refractivity contribution in [1.29, 1.82) is 0 Å². The Labute approximate surface area is 138 Å². The van der Waals surface area contributed by atoms with Crippen LogP contribution in [-0.4, -0.2) is 18.6 Å². The van der Waals surface area contributed by atoms with Gasteiger partial charge in [0.2, 0.25) is 0 Å². The molecule has 3 heteroatoms. The van der Waals surface area contributed by atoms with E-state index in [1.807, 2.05) is 56.3 Å². The predicted molar refractivity (Wildman–Crippen MR) is 93.8 cm³/mol. The SMILES string of the molecule is CC[C@@H](Oc1cccc(C)c1)C(=O)NC[C@H](C)c1ccccc1. The number of amides is 1. The summed E-state index contributed by atoms with van der Waals surface area (Å²) < 4.78 is 5.83. The van der Waals surface area contributed by atoms with E-state index >= 15 is 0 Å². The van der Waals surface area contributed by atoms with Crippen molar-refractivity contribution in [3.05, 3.63) is 65.7 Å². The van der Waals surface area contributed by atoms with Gasteiger partial charge in [0.25, 0.3) is 5.91 Å². The topological polar surface area (TPSA) is 38.3 Å². The van der Waals surface area contributed by atoms with E-state index < -0.39 is 6.10 Å². The number of rotatable bonds is 7. The van der Waals surface area contributed by atoms with Crippen molar-refractivity contribution >= 4 is 5.91 Å². The van der Waals surface area contributed by atoms with E-state index in [-0.39, 0.29) is 11.8 Å². The molecule has 0 aliphatic carbocycles. The summed E-state index contributed by atoms with van der Waals surface area (Å²) in [6.07, 6.45) is 0.180. The lowest BCUT2D eigenvalue weighted by molar-refractivity contribution is -0.128. The fraction of sp³-hybridized carbons (Fsp3) is 0.350. The molecule has 0 bridgehead atoms. The Balaban J connectivity index is 1.90. The van der Waals surface area contributed by atoms with Gasteiger partial charge in [-0.1, -0.05) is 56.3 Å². The van der Waals surface area contributed by atoms with Gasteiger partial charge >= 0.3 is 0 Å². The van der Waals surface area contributed by atoms with Crippen LogP contribution in [-0.2, 0) is 4.79 Å². The summed E-state index contributed by atoms with van der Waals surface area (Å²) in [5.74, 6) is 0.955. The molecule has 0 heterocycles. The highest BCUT2D eigenvalue weighted by Crippen LogP contribution is 2.16. The van der Waals surface area contributed by atoms with Gasteiger partial charge in [-0.05, 0) is 42.5 Å². The zero-order chi connectivity index (χ0) is 16.7. The number of benzene rings is 2. The molecule has 2 atom stereocenters. The molecule has 3 nitrogen and oxygen atoms in total. The minimum absolute atomic E-state index is 0.0585. The molecule has 2 aromatic carbocycles. The van der Waals surface area contributed by atoms with Gasteiger partial charge in [0.15, 0.2) is 6.10 Å². The van der Waals surface area contributed by atoms with Gasteiger partial charge in [-0.3, -0.25) is 4.79 Å². The van der Waals surface area contributed by atoms with Crippen LogP contribution in [0.1, 0.15) is 37.3 Å². The molecular weight excluding hydrogens is 286 g/mol. The Morgan fingerprint density at radius 3 is 2.52 bits per heavy atom. The van der Waals surface area contributed by atoms with E-state index in [2.05, 4.69) is 24.4 Å². The largest absolute Gasteiger partial charge is 0.481 e. The molecule has 0 saturated heterocycles. The number of ether oxygens (including phenoxy) is 1. The number of nitrogens with one attached hydrogen (secondary N) is 1. The molecule has 0 unspecified atom stereocenters. The first-order valence-corrected chi connectivity index (χ1v) is 8.16. The Morgan fingerprint density at radius 2 is 1.87 bits per heavy atom. The van der Waals surface area contributed by atoms with Crippen molar-refractivity contribution in [2.24, 2.45) is 0 Å². The summed E-state index contributed by atoms with van der Waals surface area (Å²) >= 11 is 0. The Bertz CT molecular complexity index is 625. The Kier molecular flexibility index (Phi) is 6.21. The van der Waals surface area contributed by atoms with Crippen molar-refractivity contribution in [2.45, 2.75) is 39.2 Å². The van der Waals surface area contributed by atoms with Crippen LogP contribution in [0.2, 0.25) is 0 Å². The van der Waals surface area contributed by atoms with Crippen molar-refractivity contribution in [3.8, 4) is 5.75 Å². The molecule has 0 aromatic heterocycles. The van der Waals surface area contributed by atoms with Crippen LogP contribution >= 0.6 is 0 Å². The molecule has 1 N–H and O–H groups in total. The van der Waals surface area contributed by atoms with E-state index in [0.717, 1.165) is 11.3 Å². The molecule has 2 aromatic rings. The van der Waals surface area contributed by atoms with Crippen LogP contribution in [0.15, 0.2) is 54.6 Å². The predicted octanol–water partition coefficient (Wildman–Crippen LogP) is 4.07. The summed E-state index contributed by atoms with van der Waals surface area (Å²) in [6.45, 7) is 6.69. The van der Waals surface area contributed by atoms with Gasteiger partial charge in [-0.15, -0.1) is 0 Å². The van der Waals surface area contributed by atoms with Gasteiger partial charge in [0.1, 0.15) is 5.75 Å². The van der Waals surface area contributed by atoms with Crippen LogP contribution in [0.3, 0.4) is 0 Å². The van der Waals surface area contributed by atoms with Crippen molar-refractivity contribution in [1.82, 2.24) is 5.32 Å². The van der Waals surface area contributed by atoms with Crippen LogP contribution < -0.4 is 10.1 Å². The third kappa shape index (κ3) is 5.13. The van der Waals surface area contributed by atoms with Crippen molar-refractivity contribution < 1.29 is 9.53 Å². The van der Waals surface area contributed by atoms with Gasteiger partial charge in [-0.2, -0.15) is 0 Å². The van der Waals surface area contributed by atoms with E-state index in [4.69, 9.17) is 4.74 Å². The lowest BCUT2D eigenvalue weighted by Gasteiger charge is -2.19. The van der Waals surface area contributed by atoms with Crippen LogP contribution in [0, 0.1) is 6.92 Å². The van der Waals surface area contributed by atoms with Crippen molar-refractivity contribution in [2.75, 3.05) is 6.54 Å². The Hall–Kier alpha value is -2.29. The smallest absolute Gasteiger partial charge is 0.261 e. The monoisotopic (exact) mass is 311 g/mol. The zero-order valence-electron chi connectivity index (χ0n) is 14.1. The number of hydrogen-bond acceptors (Lipinski definition) is 2. The number of carbonyl (C=O) groups is 1. The first-order chi connectivity index (χ1) is 11.1. The molecule has 0 fully saturated rings. The molecule has 0 saturated carbocycles. The van der Waals surface area contributed by atoms with Crippen LogP contribution in [0.4, 0.5) is 0 Å². The molecule has 1 amide bonds. The molecule has 122 valence electrons. The maximum atomic E-state index is 12.4. The second-order valence-corrected chi connectivity index (χ2v) is 5.89. The van der Waals surface area contributed by atoms with Gasteiger partial charge in [0, 0.05) is 6.54 Å². The van der Waals surface area contributed by atoms with Gasteiger partial charge < -0.3 is 10.1 Å². The minimum Gasteiger partial charge on any atom is -0.481 e. The van der Waals surface area contributed by atoms with Gasteiger partial charge in [-0.25, -0.2) is 0 Å². The first-order valence-electron chi connectivity index (χ1n) is 8.16. The zero-order valence-corrected chi connectivity index (χ0v) is 14.1. The Morgan fingerprint density at radius 1 is 1.13 bits per heavy atom. The fourth-order valence-electron chi connectivity index (χ4n) is 2.44. The summed E-state index contributed by atoms with van der Waals surface area (Å²) in [5.41, 5.74) is 2.34. The standard InChI is InChI=1S/C20H25NO2/c1-4-19(23-18-12-8-9-15(2)13-18)20(22)21-14-16(3)17-10-6-5-7-11-17/h5-13,16,19H,4,14H2,1-3H3,(H,21,22)/t16-,19+/m0/s1.